The smallest absolute Gasteiger partial charge is 0.00865 e. The van der Waals surface area contributed by atoms with Gasteiger partial charge in [-0.2, -0.15) is 0 Å². The maximum atomic E-state index is 2.40. The molecule has 0 heteroatoms. The van der Waals surface area contributed by atoms with E-state index in [4.69, 9.17) is 0 Å². The molecule has 2 aliphatic carbocycles. The number of unbranched alkanes of at least 4 members (excludes halogenated alkanes) is 1. The van der Waals surface area contributed by atoms with E-state index >= 15 is 0 Å². The molecule has 0 fully saturated rings. The molecule has 0 spiro atoms. The lowest BCUT2D eigenvalue weighted by atomic mass is 9.73. The van der Waals surface area contributed by atoms with Crippen molar-refractivity contribution in [1.29, 1.82) is 0 Å². The third-order valence-electron chi connectivity index (χ3n) is 3.81. The van der Waals surface area contributed by atoms with Crippen LogP contribution in [0.5, 0.6) is 0 Å². The summed E-state index contributed by atoms with van der Waals surface area (Å²) in [5.74, 6) is 2.12. The van der Waals surface area contributed by atoms with Crippen LogP contribution in [0.3, 0.4) is 0 Å². The summed E-state index contributed by atoms with van der Waals surface area (Å²) in [6, 6.07) is 0. The lowest BCUT2D eigenvalue weighted by molar-refractivity contribution is 0.341. The van der Waals surface area contributed by atoms with E-state index < -0.39 is 0 Å². The second-order valence-corrected chi connectivity index (χ2v) is 5.02. The Morgan fingerprint density at radius 2 is 2.06 bits per heavy atom. The Bertz CT molecular complexity index is 341. The lowest BCUT2D eigenvalue weighted by Crippen LogP contribution is -2.22. The van der Waals surface area contributed by atoms with Gasteiger partial charge in [0, 0.05) is 5.92 Å². The highest BCUT2D eigenvalue weighted by Crippen LogP contribution is 2.36. The topological polar surface area (TPSA) is 0 Å². The van der Waals surface area contributed by atoms with Crippen molar-refractivity contribution < 1.29 is 0 Å². The van der Waals surface area contributed by atoms with E-state index in [1.54, 1.807) is 0 Å². The van der Waals surface area contributed by atoms with Crippen LogP contribution in [0.25, 0.3) is 0 Å². The fraction of sp³-hybridized carbons (Fsp3) is 0.500. The van der Waals surface area contributed by atoms with Crippen LogP contribution in [0.4, 0.5) is 0 Å². The van der Waals surface area contributed by atoms with Gasteiger partial charge in [0.05, 0.1) is 0 Å². The van der Waals surface area contributed by atoms with E-state index in [1.807, 2.05) is 0 Å². The Balaban J connectivity index is 2.06. The Hall–Kier alpha value is -1.04. The van der Waals surface area contributed by atoms with Crippen LogP contribution in [0.15, 0.2) is 48.1 Å². The van der Waals surface area contributed by atoms with E-state index in [2.05, 4.69) is 56.4 Å². The first-order chi connectivity index (χ1) is 7.83. The van der Waals surface area contributed by atoms with Crippen molar-refractivity contribution in [2.75, 3.05) is 0 Å². The van der Waals surface area contributed by atoms with Crippen molar-refractivity contribution in [3.63, 3.8) is 0 Å². The van der Waals surface area contributed by atoms with Crippen molar-refractivity contribution in [1.82, 2.24) is 0 Å². The molecular weight excluding hydrogens is 192 g/mol. The van der Waals surface area contributed by atoms with E-state index in [0.717, 1.165) is 5.92 Å². The molecular formula is C16H22. The number of rotatable bonds is 4. The first kappa shape index (κ1) is 11.4. The highest BCUT2D eigenvalue weighted by molar-refractivity contribution is 5.39. The van der Waals surface area contributed by atoms with Gasteiger partial charge in [-0.3, -0.25) is 0 Å². The summed E-state index contributed by atoms with van der Waals surface area (Å²) in [4.78, 5) is 0. The number of hydrogen-bond donors (Lipinski definition) is 0. The van der Waals surface area contributed by atoms with Gasteiger partial charge in [-0.1, -0.05) is 75.6 Å². The van der Waals surface area contributed by atoms with Crippen LogP contribution in [-0.2, 0) is 0 Å². The summed E-state index contributed by atoms with van der Waals surface area (Å²) in [6.45, 7) is 4.68. The molecule has 2 aliphatic rings. The zero-order chi connectivity index (χ0) is 11.4. The molecule has 0 saturated carbocycles. The molecule has 3 atom stereocenters. The van der Waals surface area contributed by atoms with Crippen molar-refractivity contribution in [3.8, 4) is 0 Å². The molecule has 16 heavy (non-hydrogen) atoms. The second kappa shape index (κ2) is 5.34. The standard InChI is InChI=1S/C16H22/c1-3-4-8-13(2)15-12-7-10-14-9-5-6-11-16(14)15/h5-7,9-13,15-16H,3-4,8H2,1-2H3. The predicted molar refractivity (Wildman–Crippen MR) is 71.2 cm³/mol. The van der Waals surface area contributed by atoms with Crippen LogP contribution in [0.1, 0.15) is 33.1 Å². The van der Waals surface area contributed by atoms with Gasteiger partial charge in [-0.15, -0.1) is 0 Å². The van der Waals surface area contributed by atoms with Crippen LogP contribution in [0, 0.1) is 17.8 Å². The SMILES string of the molecule is CCCCC(C)C1C=CC=C2C=CC=CC21. The molecule has 0 aromatic carbocycles. The van der Waals surface area contributed by atoms with Crippen molar-refractivity contribution in [2.45, 2.75) is 33.1 Å². The summed E-state index contributed by atoms with van der Waals surface area (Å²) in [5, 5.41) is 0. The van der Waals surface area contributed by atoms with Crippen molar-refractivity contribution in [3.05, 3.63) is 48.1 Å². The summed E-state index contributed by atoms with van der Waals surface area (Å²) >= 11 is 0. The molecule has 0 radical (unpaired) electrons. The monoisotopic (exact) mass is 214 g/mol. The Morgan fingerprint density at radius 3 is 2.88 bits per heavy atom. The van der Waals surface area contributed by atoms with Gasteiger partial charge in [0.15, 0.2) is 0 Å². The normalized spacial score (nSPS) is 28.8. The molecule has 0 N–H and O–H groups in total. The Kier molecular flexibility index (Phi) is 3.82. The lowest BCUT2D eigenvalue weighted by Gasteiger charge is -2.32. The van der Waals surface area contributed by atoms with E-state index in [9.17, 15) is 0 Å². The molecule has 0 aromatic rings. The fourth-order valence-corrected chi connectivity index (χ4v) is 2.77. The van der Waals surface area contributed by atoms with Gasteiger partial charge in [0.25, 0.3) is 0 Å². The van der Waals surface area contributed by atoms with E-state index in [1.165, 1.54) is 24.8 Å². The molecule has 86 valence electrons. The molecule has 0 bridgehead atoms. The van der Waals surface area contributed by atoms with Crippen LogP contribution in [-0.4, -0.2) is 0 Å². The maximum Gasteiger partial charge on any atom is 0.00865 e. The number of allylic oxidation sites excluding steroid dienone is 8. The molecule has 0 saturated heterocycles. The minimum Gasteiger partial charge on any atom is -0.0802 e. The van der Waals surface area contributed by atoms with Gasteiger partial charge in [0.1, 0.15) is 0 Å². The minimum atomic E-state index is 0.627. The third kappa shape index (κ3) is 2.37. The fourth-order valence-electron chi connectivity index (χ4n) is 2.77. The largest absolute Gasteiger partial charge is 0.0802 e. The van der Waals surface area contributed by atoms with Crippen LogP contribution < -0.4 is 0 Å². The third-order valence-corrected chi connectivity index (χ3v) is 3.81. The molecule has 0 aromatic heterocycles. The summed E-state index contributed by atoms with van der Waals surface area (Å²) < 4.78 is 0. The zero-order valence-electron chi connectivity index (χ0n) is 10.4. The first-order valence-corrected chi connectivity index (χ1v) is 6.56. The molecule has 0 nitrogen and oxygen atoms in total. The first-order valence-electron chi connectivity index (χ1n) is 6.56. The average Bonchev–Trinajstić information content (AvgIpc) is 2.35. The highest BCUT2D eigenvalue weighted by atomic mass is 14.3. The average molecular weight is 214 g/mol. The van der Waals surface area contributed by atoms with Gasteiger partial charge in [-0.05, 0) is 17.4 Å². The molecule has 3 unspecified atom stereocenters. The van der Waals surface area contributed by atoms with Gasteiger partial charge in [0.2, 0.25) is 0 Å². The van der Waals surface area contributed by atoms with Crippen LogP contribution in [0.2, 0.25) is 0 Å². The van der Waals surface area contributed by atoms with Gasteiger partial charge < -0.3 is 0 Å². The number of fused-ring (bicyclic) bond motifs is 1. The Labute approximate surface area is 99.4 Å². The molecule has 2 rings (SSSR count). The highest BCUT2D eigenvalue weighted by Gasteiger charge is 2.26. The van der Waals surface area contributed by atoms with Crippen LogP contribution >= 0.6 is 0 Å². The second-order valence-electron chi connectivity index (χ2n) is 5.02. The van der Waals surface area contributed by atoms with Crippen molar-refractivity contribution in [2.24, 2.45) is 17.8 Å². The summed E-state index contributed by atoms with van der Waals surface area (Å²) in [5.41, 5.74) is 1.48. The van der Waals surface area contributed by atoms with Gasteiger partial charge in [-0.25, -0.2) is 0 Å². The molecule has 0 aliphatic heterocycles. The maximum absolute atomic E-state index is 2.40. The summed E-state index contributed by atoms with van der Waals surface area (Å²) in [6.07, 6.45) is 19.9. The van der Waals surface area contributed by atoms with E-state index in [-0.39, 0.29) is 0 Å². The number of hydrogen-bond acceptors (Lipinski definition) is 0. The molecule has 0 amide bonds. The minimum absolute atomic E-state index is 0.627. The van der Waals surface area contributed by atoms with E-state index in [0.29, 0.717) is 11.8 Å². The summed E-state index contributed by atoms with van der Waals surface area (Å²) in [7, 11) is 0. The Morgan fingerprint density at radius 1 is 1.19 bits per heavy atom. The predicted octanol–water partition coefficient (Wildman–Crippen LogP) is 4.67. The van der Waals surface area contributed by atoms with Crippen molar-refractivity contribution >= 4 is 0 Å². The zero-order valence-corrected chi connectivity index (χ0v) is 10.4. The quantitative estimate of drug-likeness (QED) is 0.638. The molecule has 0 heterocycles. The van der Waals surface area contributed by atoms with Gasteiger partial charge >= 0.3 is 0 Å².